The smallest absolute Gasteiger partial charge is 0.260 e. The summed E-state index contributed by atoms with van der Waals surface area (Å²) in [4.78, 5) is 45.0. The third-order valence-corrected chi connectivity index (χ3v) is 8.74. The van der Waals surface area contributed by atoms with Crippen LogP contribution in [0, 0.1) is 11.6 Å². The number of hydrogen-bond acceptors (Lipinski definition) is 11. The van der Waals surface area contributed by atoms with Gasteiger partial charge < -0.3 is 34.6 Å². The van der Waals surface area contributed by atoms with E-state index in [2.05, 4.69) is 25.5 Å². The lowest BCUT2D eigenvalue weighted by atomic mass is 10.0. The van der Waals surface area contributed by atoms with Crippen LogP contribution in [0.1, 0.15) is 18.5 Å². The maximum absolute atomic E-state index is 15.9. The number of likely N-dealkylation sites (N-methyl/N-ethyl adjacent to an activating group) is 1. The molecule has 2 N–H and O–H groups in total. The fourth-order valence-corrected chi connectivity index (χ4v) is 6.00. The number of anilines is 4. The molecule has 1 amide bonds. The Labute approximate surface area is 304 Å². The summed E-state index contributed by atoms with van der Waals surface area (Å²) in [5.74, 6) is -2.46. The number of morpholine rings is 1. The van der Waals surface area contributed by atoms with E-state index in [1.165, 1.54) is 37.1 Å². The molecule has 0 spiro atoms. The predicted molar refractivity (Wildman–Crippen MR) is 199 cm³/mol. The molecule has 1 fully saturated rings. The monoisotopic (exact) mass is 726 g/mol. The lowest BCUT2D eigenvalue weighted by Gasteiger charge is -2.28. The summed E-state index contributed by atoms with van der Waals surface area (Å²) >= 11 is 0. The van der Waals surface area contributed by atoms with Crippen LogP contribution < -0.4 is 30.6 Å². The van der Waals surface area contributed by atoms with Crippen LogP contribution in [0.2, 0.25) is 0 Å². The van der Waals surface area contributed by atoms with Crippen LogP contribution in [0.3, 0.4) is 0 Å². The van der Waals surface area contributed by atoms with Gasteiger partial charge in [0.15, 0.2) is 23.1 Å². The van der Waals surface area contributed by atoms with E-state index in [1.807, 2.05) is 25.1 Å². The molecule has 2 aromatic carbocycles. The van der Waals surface area contributed by atoms with Crippen molar-refractivity contribution in [3.05, 3.63) is 101 Å². The highest BCUT2D eigenvalue weighted by Gasteiger charge is 2.27. The summed E-state index contributed by atoms with van der Waals surface area (Å²) in [7, 11) is 6.26. The van der Waals surface area contributed by atoms with Crippen molar-refractivity contribution in [3.8, 4) is 22.6 Å². The van der Waals surface area contributed by atoms with Crippen molar-refractivity contribution < 1.29 is 27.8 Å². The Bertz CT molecular complexity index is 2180. The minimum absolute atomic E-state index is 0.142. The molecule has 0 aliphatic carbocycles. The molecule has 13 nitrogen and oxygen atoms in total. The van der Waals surface area contributed by atoms with Crippen LogP contribution in [0.4, 0.5) is 31.9 Å². The van der Waals surface area contributed by atoms with Crippen LogP contribution in [-0.4, -0.2) is 91.5 Å². The molecule has 1 saturated heterocycles. The summed E-state index contributed by atoms with van der Waals surface area (Å²) in [6.45, 7) is 5.16. The number of nitrogens with one attached hydrogen (secondary N) is 2. The maximum atomic E-state index is 15.9. The molecule has 276 valence electrons. The second kappa shape index (κ2) is 16.2. The van der Waals surface area contributed by atoms with E-state index in [4.69, 9.17) is 19.2 Å². The number of hydrogen-bond donors (Lipinski definition) is 2. The number of nitrogens with zero attached hydrogens (tertiary/aromatic N) is 6. The molecule has 6 rings (SSSR count). The highest BCUT2D eigenvalue weighted by Crippen LogP contribution is 2.38. The first-order valence-electron chi connectivity index (χ1n) is 16.9. The Balaban J connectivity index is 1.44. The molecule has 5 aromatic rings. The first-order chi connectivity index (χ1) is 25.6. The number of benzene rings is 2. The average molecular weight is 727 g/mol. The average Bonchev–Trinajstić information content (AvgIpc) is 3.15. The first-order valence-corrected chi connectivity index (χ1v) is 16.9. The molecule has 0 bridgehead atoms. The van der Waals surface area contributed by atoms with Gasteiger partial charge in [0, 0.05) is 49.0 Å². The standard InChI is InChI=1S/C38H40F2N8O5/c1-23(24-8-6-9-26(18-24)43-32(49)10-7-13-46(2)3)48-36-25(19-28(37(48)50)33-34(39)29(51-4)20-30(52-5)35(33)40)21-42-38(45-36)44-31-12-11-27(22-41-31)47-14-16-53-17-15-47/h6-12,18-23H,13-17H2,1-5H3,(H,43,49)(H,41,42,44,45)/b10-7+. The van der Waals surface area contributed by atoms with E-state index in [0.717, 1.165) is 24.8 Å². The molecule has 53 heavy (non-hydrogen) atoms. The number of ether oxygens (including phenoxy) is 3. The Hall–Kier alpha value is -5.93. The minimum atomic E-state index is -1.07. The SMILES string of the molecule is COc1cc(OC)c(F)c(-c2cc3cnc(Nc4ccc(N5CCOCC5)cn4)nc3n(C(C)c3cccc(NC(=O)/C=C/CN(C)C)c3)c2=O)c1F. The number of rotatable bonds is 12. The Morgan fingerprint density at radius 1 is 1.02 bits per heavy atom. The highest BCUT2D eigenvalue weighted by molar-refractivity contribution is 5.99. The molecule has 0 saturated carbocycles. The molecular formula is C38H40F2N8O5. The second-order valence-electron chi connectivity index (χ2n) is 12.6. The molecular weight excluding hydrogens is 686 g/mol. The van der Waals surface area contributed by atoms with Crippen LogP contribution in [0.5, 0.6) is 11.5 Å². The molecule has 1 unspecified atom stereocenters. The summed E-state index contributed by atoms with van der Waals surface area (Å²) in [6.07, 6.45) is 6.39. The number of pyridine rings is 2. The third kappa shape index (κ3) is 8.10. The van der Waals surface area contributed by atoms with Crippen LogP contribution in [-0.2, 0) is 9.53 Å². The lowest BCUT2D eigenvalue weighted by Crippen LogP contribution is -2.36. The fourth-order valence-electron chi connectivity index (χ4n) is 6.00. The van der Waals surface area contributed by atoms with Gasteiger partial charge in [0.2, 0.25) is 11.9 Å². The number of carbonyl (C=O) groups is 1. The van der Waals surface area contributed by atoms with Crippen LogP contribution in [0.15, 0.2) is 77.9 Å². The van der Waals surface area contributed by atoms with Crippen LogP contribution >= 0.6 is 0 Å². The fraction of sp³-hybridized carbons (Fsp3) is 0.289. The van der Waals surface area contributed by atoms with Gasteiger partial charge in [-0.1, -0.05) is 18.2 Å². The van der Waals surface area contributed by atoms with E-state index < -0.39 is 28.8 Å². The molecule has 4 heterocycles. The van der Waals surface area contributed by atoms with E-state index in [0.29, 0.717) is 42.2 Å². The zero-order valence-corrected chi connectivity index (χ0v) is 30.0. The van der Waals surface area contributed by atoms with Gasteiger partial charge in [-0.3, -0.25) is 14.2 Å². The summed E-state index contributed by atoms with van der Waals surface area (Å²) in [5, 5.41) is 6.26. The number of methoxy groups -OCH3 is 2. The number of fused-ring (bicyclic) bond motifs is 1. The van der Waals surface area contributed by atoms with Crippen molar-refractivity contribution in [1.82, 2.24) is 24.4 Å². The van der Waals surface area contributed by atoms with Gasteiger partial charge in [-0.05, 0) is 56.9 Å². The van der Waals surface area contributed by atoms with Crippen molar-refractivity contribution in [3.63, 3.8) is 0 Å². The summed E-state index contributed by atoms with van der Waals surface area (Å²) in [5.41, 5.74) is 0.578. The molecule has 1 atom stereocenters. The summed E-state index contributed by atoms with van der Waals surface area (Å²) < 4.78 is 48.8. The zero-order chi connectivity index (χ0) is 37.6. The lowest BCUT2D eigenvalue weighted by molar-refractivity contribution is -0.111. The van der Waals surface area contributed by atoms with Gasteiger partial charge in [0.1, 0.15) is 11.5 Å². The van der Waals surface area contributed by atoms with Gasteiger partial charge in [-0.15, -0.1) is 0 Å². The van der Waals surface area contributed by atoms with Crippen molar-refractivity contribution in [2.45, 2.75) is 13.0 Å². The largest absolute Gasteiger partial charge is 0.494 e. The van der Waals surface area contributed by atoms with Gasteiger partial charge in [0.05, 0.1) is 56.5 Å². The molecule has 1 aliphatic heterocycles. The number of aromatic nitrogens is 4. The second-order valence-corrected chi connectivity index (χ2v) is 12.6. The molecule has 15 heteroatoms. The van der Waals surface area contributed by atoms with Crippen molar-refractivity contribution in [2.24, 2.45) is 0 Å². The Morgan fingerprint density at radius 3 is 2.42 bits per heavy atom. The van der Waals surface area contributed by atoms with Gasteiger partial charge in [-0.2, -0.15) is 4.98 Å². The maximum Gasteiger partial charge on any atom is 0.260 e. The van der Waals surface area contributed by atoms with E-state index in [-0.39, 0.29) is 34.6 Å². The van der Waals surface area contributed by atoms with Crippen molar-refractivity contribution >= 4 is 40.1 Å². The normalized spacial score (nSPS) is 13.8. The van der Waals surface area contributed by atoms with Gasteiger partial charge >= 0.3 is 0 Å². The van der Waals surface area contributed by atoms with E-state index in [1.54, 1.807) is 49.5 Å². The predicted octanol–water partition coefficient (Wildman–Crippen LogP) is 5.39. The van der Waals surface area contributed by atoms with Crippen molar-refractivity contribution in [2.75, 3.05) is 76.7 Å². The van der Waals surface area contributed by atoms with E-state index in [9.17, 15) is 9.59 Å². The van der Waals surface area contributed by atoms with Gasteiger partial charge in [-0.25, -0.2) is 18.7 Å². The number of carbonyl (C=O) groups excluding carboxylic acids is 1. The number of halogens is 2. The minimum Gasteiger partial charge on any atom is -0.494 e. The van der Waals surface area contributed by atoms with Crippen LogP contribution in [0.25, 0.3) is 22.2 Å². The molecule has 1 aliphatic rings. The zero-order valence-electron chi connectivity index (χ0n) is 30.0. The summed E-state index contributed by atoms with van der Waals surface area (Å²) in [6, 6.07) is 12.4. The Kier molecular flexibility index (Phi) is 11.2. The van der Waals surface area contributed by atoms with E-state index >= 15 is 8.78 Å². The number of amides is 1. The molecule has 0 radical (unpaired) electrons. The molecule has 3 aromatic heterocycles. The quantitative estimate of drug-likeness (QED) is 0.160. The van der Waals surface area contributed by atoms with Gasteiger partial charge in [0.25, 0.3) is 5.56 Å². The highest BCUT2D eigenvalue weighted by atomic mass is 19.1. The third-order valence-electron chi connectivity index (χ3n) is 8.74. The topological polar surface area (TPSA) is 136 Å². The first kappa shape index (κ1) is 36.8. The Morgan fingerprint density at radius 2 is 1.75 bits per heavy atom. The van der Waals surface area contributed by atoms with Crippen molar-refractivity contribution in [1.29, 1.82) is 0 Å².